The van der Waals surface area contributed by atoms with Gasteiger partial charge in [-0.1, -0.05) is 54.2 Å². The molecule has 0 bridgehead atoms. The summed E-state index contributed by atoms with van der Waals surface area (Å²) in [5, 5.41) is 13.1. The highest BCUT2D eigenvalue weighted by atomic mass is 32.2. The second kappa shape index (κ2) is 8.10. The van der Waals surface area contributed by atoms with Crippen LogP contribution < -0.4 is 5.76 Å². The van der Waals surface area contributed by atoms with E-state index in [1.165, 1.54) is 11.8 Å². The van der Waals surface area contributed by atoms with Crippen molar-refractivity contribution in [1.82, 2.24) is 20.1 Å². The number of hydrogen-bond acceptors (Lipinski definition) is 6. The first kappa shape index (κ1) is 20.8. The topological polar surface area (TPSA) is 125 Å². The van der Waals surface area contributed by atoms with Crippen LogP contribution in [0.25, 0.3) is 44.7 Å². The molecule has 8 nitrogen and oxygen atoms in total. The van der Waals surface area contributed by atoms with E-state index in [-0.39, 0.29) is 5.56 Å². The van der Waals surface area contributed by atoms with Crippen molar-refractivity contribution < 1.29 is 14.4 Å². The summed E-state index contributed by atoms with van der Waals surface area (Å²) in [6.07, 6.45) is 1.88. The SMILES string of the molecule is CSc1nc2c(C)c(-c3ccc(-c4ccccc4)c(-c4nc(=O)o[nH]4)c3)cc(C(=O)O)c2[nH]1. The predicted octanol–water partition coefficient (Wildman–Crippen LogP) is 4.97. The van der Waals surface area contributed by atoms with Crippen LogP contribution in [-0.4, -0.2) is 37.4 Å². The minimum atomic E-state index is -1.04. The Balaban J connectivity index is 1.77. The summed E-state index contributed by atoms with van der Waals surface area (Å²) in [6, 6.07) is 17.1. The summed E-state index contributed by atoms with van der Waals surface area (Å²) in [6.45, 7) is 1.91. The lowest BCUT2D eigenvalue weighted by molar-refractivity contribution is 0.0699. The first-order valence-corrected chi connectivity index (χ1v) is 11.2. The van der Waals surface area contributed by atoms with Crippen molar-refractivity contribution in [3.05, 3.63) is 76.3 Å². The fourth-order valence-corrected chi connectivity index (χ4v) is 4.34. The van der Waals surface area contributed by atoms with Gasteiger partial charge >= 0.3 is 11.7 Å². The average molecular weight is 458 g/mol. The van der Waals surface area contributed by atoms with Crippen molar-refractivity contribution in [2.45, 2.75) is 12.1 Å². The maximum absolute atomic E-state index is 12.0. The highest BCUT2D eigenvalue weighted by Crippen LogP contribution is 2.37. The number of nitrogens with zero attached hydrogens (tertiary/aromatic N) is 2. The summed E-state index contributed by atoms with van der Waals surface area (Å²) >= 11 is 1.41. The summed E-state index contributed by atoms with van der Waals surface area (Å²) in [5.41, 5.74) is 6.04. The number of aromatic amines is 2. The Hall–Kier alpha value is -4.11. The molecule has 3 N–H and O–H groups in total. The molecule has 0 aliphatic rings. The number of thioether (sulfide) groups is 1. The fourth-order valence-electron chi connectivity index (χ4n) is 3.96. The highest BCUT2D eigenvalue weighted by molar-refractivity contribution is 7.98. The van der Waals surface area contributed by atoms with Gasteiger partial charge in [0.2, 0.25) is 0 Å². The predicted molar refractivity (Wildman–Crippen MR) is 127 cm³/mol. The summed E-state index contributed by atoms with van der Waals surface area (Å²) in [5.74, 6) is -1.47. The van der Waals surface area contributed by atoms with Gasteiger partial charge < -0.3 is 14.6 Å². The molecule has 5 rings (SSSR count). The standard InChI is InChI=1S/C24H18N4O4S/c1-12-16(11-18(22(29)30)20-19(12)25-23(26-20)33-2)14-8-9-15(13-6-4-3-5-7-13)17(10-14)21-27-24(31)32-28-21/h3-11H,1-2H3,(H,25,26)(H,29,30)(H,27,28,31). The van der Waals surface area contributed by atoms with E-state index in [1.807, 2.05) is 61.7 Å². The molecule has 3 aromatic carbocycles. The molecule has 0 fully saturated rings. The average Bonchev–Trinajstić information content (AvgIpc) is 3.46. The molecule has 2 heterocycles. The van der Waals surface area contributed by atoms with E-state index in [0.29, 0.717) is 27.6 Å². The first-order chi connectivity index (χ1) is 16.0. The lowest BCUT2D eigenvalue weighted by atomic mass is 9.91. The Labute approximate surface area is 191 Å². The molecular formula is C24H18N4O4S. The molecule has 164 valence electrons. The zero-order valence-corrected chi connectivity index (χ0v) is 18.5. The molecule has 0 radical (unpaired) electrons. The molecule has 0 unspecified atom stereocenters. The summed E-state index contributed by atoms with van der Waals surface area (Å²) in [7, 11) is 0. The van der Waals surface area contributed by atoms with Crippen molar-refractivity contribution in [1.29, 1.82) is 0 Å². The molecular weight excluding hydrogens is 440 g/mol. The Morgan fingerprint density at radius 2 is 1.79 bits per heavy atom. The minimum Gasteiger partial charge on any atom is -0.478 e. The number of carboxylic acids is 1. The zero-order valence-electron chi connectivity index (χ0n) is 17.7. The summed E-state index contributed by atoms with van der Waals surface area (Å²) < 4.78 is 4.82. The fraction of sp³-hybridized carbons (Fsp3) is 0.0833. The normalized spacial score (nSPS) is 11.2. The van der Waals surface area contributed by atoms with Crippen molar-refractivity contribution >= 4 is 28.8 Å². The van der Waals surface area contributed by atoms with E-state index >= 15 is 0 Å². The van der Waals surface area contributed by atoms with Crippen LogP contribution in [-0.2, 0) is 0 Å². The summed E-state index contributed by atoms with van der Waals surface area (Å²) in [4.78, 5) is 35.3. The number of nitrogens with one attached hydrogen (secondary N) is 2. The van der Waals surface area contributed by atoms with Gasteiger partial charge in [0.1, 0.15) is 0 Å². The van der Waals surface area contributed by atoms with Crippen LogP contribution in [0.5, 0.6) is 0 Å². The van der Waals surface area contributed by atoms with Crippen molar-refractivity contribution in [2.75, 3.05) is 6.26 Å². The Kier molecular flexibility index (Phi) is 5.10. The third kappa shape index (κ3) is 3.62. The van der Waals surface area contributed by atoms with Gasteiger partial charge in [-0.2, -0.15) is 10.1 Å². The lowest BCUT2D eigenvalue weighted by Crippen LogP contribution is -2.00. The maximum atomic E-state index is 12.0. The van der Waals surface area contributed by atoms with Crippen molar-refractivity contribution in [2.24, 2.45) is 0 Å². The van der Waals surface area contributed by atoms with Gasteiger partial charge in [-0.15, -0.1) is 0 Å². The number of aryl methyl sites for hydroxylation is 1. The lowest BCUT2D eigenvalue weighted by Gasteiger charge is -2.13. The number of H-pyrrole nitrogens is 2. The molecule has 0 amide bonds. The molecule has 0 atom stereocenters. The number of fused-ring (bicyclic) bond motifs is 1. The van der Waals surface area contributed by atoms with Gasteiger partial charge in [0, 0.05) is 5.56 Å². The molecule has 0 spiro atoms. The third-order valence-electron chi connectivity index (χ3n) is 5.53. The monoisotopic (exact) mass is 458 g/mol. The smallest absolute Gasteiger partial charge is 0.460 e. The van der Waals surface area contributed by atoms with E-state index in [2.05, 4.69) is 20.1 Å². The molecule has 0 aliphatic heterocycles. The molecule has 0 saturated heterocycles. The number of rotatable bonds is 5. The Morgan fingerprint density at radius 1 is 1.00 bits per heavy atom. The quantitative estimate of drug-likeness (QED) is 0.318. The van der Waals surface area contributed by atoms with Crippen LogP contribution >= 0.6 is 11.8 Å². The Bertz CT molecular complexity index is 1570. The van der Waals surface area contributed by atoms with Crippen LogP contribution in [0.4, 0.5) is 0 Å². The molecule has 0 saturated carbocycles. The van der Waals surface area contributed by atoms with Gasteiger partial charge in [-0.05, 0) is 53.1 Å². The minimum absolute atomic E-state index is 0.141. The zero-order chi connectivity index (χ0) is 23.1. The number of carboxylic acid groups (broad SMARTS) is 1. The number of hydrogen-bond donors (Lipinski definition) is 3. The number of benzene rings is 3. The van der Waals surface area contributed by atoms with Crippen LogP contribution in [0, 0.1) is 6.92 Å². The van der Waals surface area contributed by atoms with Gasteiger partial charge in [0.25, 0.3) is 0 Å². The number of aromatic nitrogens is 4. The van der Waals surface area contributed by atoms with Crippen LogP contribution in [0.1, 0.15) is 15.9 Å². The molecule has 0 aliphatic carbocycles. The number of imidazole rings is 1. The van der Waals surface area contributed by atoms with Gasteiger partial charge in [0.15, 0.2) is 11.0 Å². The first-order valence-electron chi connectivity index (χ1n) is 10.0. The van der Waals surface area contributed by atoms with Crippen LogP contribution in [0.2, 0.25) is 0 Å². The van der Waals surface area contributed by atoms with Gasteiger partial charge in [-0.3, -0.25) is 0 Å². The second-order valence-electron chi connectivity index (χ2n) is 7.43. The molecule has 5 aromatic rings. The number of aromatic carboxylic acids is 1. The van der Waals surface area contributed by atoms with Crippen LogP contribution in [0.15, 0.2) is 69.1 Å². The molecule has 33 heavy (non-hydrogen) atoms. The van der Waals surface area contributed by atoms with Gasteiger partial charge in [0.05, 0.1) is 16.6 Å². The molecule has 2 aromatic heterocycles. The molecule has 9 heteroatoms. The van der Waals surface area contributed by atoms with E-state index < -0.39 is 11.7 Å². The largest absolute Gasteiger partial charge is 0.478 e. The van der Waals surface area contributed by atoms with Crippen molar-refractivity contribution in [3.63, 3.8) is 0 Å². The van der Waals surface area contributed by atoms with E-state index in [0.717, 1.165) is 27.8 Å². The van der Waals surface area contributed by atoms with Gasteiger partial charge in [-0.25, -0.2) is 14.6 Å². The van der Waals surface area contributed by atoms with Crippen molar-refractivity contribution in [3.8, 4) is 33.6 Å². The Morgan fingerprint density at radius 3 is 2.45 bits per heavy atom. The third-order valence-corrected chi connectivity index (χ3v) is 6.11. The highest BCUT2D eigenvalue weighted by Gasteiger charge is 2.20. The number of carbonyl (C=O) groups is 1. The van der Waals surface area contributed by atoms with E-state index in [4.69, 9.17) is 4.52 Å². The van der Waals surface area contributed by atoms with Crippen LogP contribution in [0.3, 0.4) is 0 Å². The maximum Gasteiger partial charge on any atom is 0.460 e. The second-order valence-corrected chi connectivity index (χ2v) is 8.22. The van der Waals surface area contributed by atoms with E-state index in [1.54, 1.807) is 6.07 Å². The van der Waals surface area contributed by atoms with E-state index in [9.17, 15) is 14.7 Å².